The van der Waals surface area contributed by atoms with Gasteiger partial charge in [-0.3, -0.25) is 4.79 Å². The van der Waals surface area contributed by atoms with Gasteiger partial charge in [0.05, 0.1) is 6.07 Å². The number of nitrogens with zero attached hydrogens (tertiary/aromatic N) is 2. The normalized spacial score (nSPS) is 15.5. The van der Waals surface area contributed by atoms with Gasteiger partial charge >= 0.3 is 0 Å². The molecule has 1 amide bonds. The smallest absolute Gasteiger partial charge is 0.246 e. The summed E-state index contributed by atoms with van der Waals surface area (Å²) in [5.74, 6) is -0.0978. The number of hydrogen-bond donors (Lipinski definition) is 0. The van der Waals surface area contributed by atoms with Crippen molar-refractivity contribution in [2.45, 2.75) is 33.1 Å². The number of hydrogen-bond acceptors (Lipinski definition) is 2. The van der Waals surface area contributed by atoms with E-state index in [1.54, 1.807) is 18.7 Å². The van der Waals surface area contributed by atoms with Crippen LogP contribution in [0.15, 0.2) is 24.3 Å². The molecule has 0 unspecified atom stereocenters. The lowest BCUT2D eigenvalue weighted by Crippen LogP contribution is -2.41. The van der Waals surface area contributed by atoms with Crippen LogP contribution in [-0.4, -0.2) is 12.5 Å². The Labute approximate surface area is 108 Å². The summed E-state index contributed by atoms with van der Waals surface area (Å²) in [6.07, 6.45) is 3.09. The van der Waals surface area contributed by atoms with Gasteiger partial charge in [0.2, 0.25) is 5.91 Å². The Balaban J connectivity index is 2.40. The summed E-state index contributed by atoms with van der Waals surface area (Å²) in [4.78, 5) is 14.3. The van der Waals surface area contributed by atoms with Gasteiger partial charge in [-0.1, -0.05) is 18.2 Å². The zero-order valence-corrected chi connectivity index (χ0v) is 10.9. The van der Waals surface area contributed by atoms with E-state index in [1.165, 1.54) is 5.56 Å². The van der Waals surface area contributed by atoms with Crippen molar-refractivity contribution >= 4 is 11.6 Å². The molecule has 0 saturated carbocycles. The fraction of sp³-hybridized carbons (Fsp3) is 0.467. The summed E-state index contributed by atoms with van der Waals surface area (Å²) in [5, 5.41) is 9.12. The van der Waals surface area contributed by atoms with Gasteiger partial charge in [0.1, 0.15) is 5.41 Å². The molecular weight excluding hydrogens is 224 g/mol. The van der Waals surface area contributed by atoms with Crippen LogP contribution in [0.1, 0.15) is 32.3 Å². The summed E-state index contributed by atoms with van der Waals surface area (Å²) in [6.45, 7) is 4.08. The minimum Gasteiger partial charge on any atom is -0.311 e. The Hall–Kier alpha value is -1.82. The number of carbonyl (C=O) groups excluding carboxylic acids is 1. The maximum Gasteiger partial charge on any atom is 0.246 e. The molecule has 0 saturated heterocycles. The van der Waals surface area contributed by atoms with Gasteiger partial charge in [-0.15, -0.1) is 0 Å². The highest BCUT2D eigenvalue weighted by molar-refractivity contribution is 5.99. The summed E-state index contributed by atoms with van der Waals surface area (Å²) in [6, 6.07) is 10.1. The zero-order valence-electron chi connectivity index (χ0n) is 10.9. The van der Waals surface area contributed by atoms with E-state index in [-0.39, 0.29) is 5.91 Å². The molecule has 1 aromatic carbocycles. The fourth-order valence-corrected chi connectivity index (χ4v) is 2.29. The number of amides is 1. The average molecular weight is 242 g/mol. The molecule has 0 fully saturated rings. The van der Waals surface area contributed by atoms with Gasteiger partial charge in [0.25, 0.3) is 0 Å². The zero-order chi connectivity index (χ0) is 13.2. The van der Waals surface area contributed by atoms with Gasteiger partial charge in [0, 0.05) is 12.2 Å². The van der Waals surface area contributed by atoms with Crippen molar-refractivity contribution in [1.29, 1.82) is 5.26 Å². The molecule has 1 aliphatic heterocycles. The standard InChI is InChI=1S/C15H18N2O/c1-15(2,11-16)14(18)17-10-6-5-8-12-7-3-4-9-13(12)17/h3-4,7,9H,5-6,8,10H2,1-2H3. The third-order valence-corrected chi connectivity index (χ3v) is 3.42. The van der Waals surface area contributed by atoms with Crippen LogP contribution in [0.3, 0.4) is 0 Å². The molecule has 0 aliphatic carbocycles. The van der Waals surface area contributed by atoms with Gasteiger partial charge in [-0.05, 0) is 44.7 Å². The van der Waals surface area contributed by atoms with Crippen molar-refractivity contribution in [1.82, 2.24) is 0 Å². The second kappa shape index (κ2) is 4.81. The van der Waals surface area contributed by atoms with E-state index in [0.717, 1.165) is 24.9 Å². The number of rotatable bonds is 1. The molecule has 1 aliphatic rings. The lowest BCUT2D eigenvalue weighted by Gasteiger charge is -2.28. The fourth-order valence-electron chi connectivity index (χ4n) is 2.29. The molecule has 0 radical (unpaired) electrons. The number of fused-ring (bicyclic) bond motifs is 1. The first-order chi connectivity index (χ1) is 8.56. The van der Waals surface area contributed by atoms with E-state index in [4.69, 9.17) is 5.26 Å². The number of aryl methyl sites for hydroxylation is 1. The summed E-state index contributed by atoms with van der Waals surface area (Å²) in [7, 11) is 0. The van der Waals surface area contributed by atoms with E-state index in [2.05, 4.69) is 12.1 Å². The summed E-state index contributed by atoms with van der Waals surface area (Å²) >= 11 is 0. The van der Waals surface area contributed by atoms with Crippen molar-refractivity contribution in [2.24, 2.45) is 5.41 Å². The van der Waals surface area contributed by atoms with Crippen LogP contribution in [0.5, 0.6) is 0 Å². The highest BCUT2D eigenvalue weighted by Crippen LogP contribution is 2.29. The van der Waals surface area contributed by atoms with Crippen molar-refractivity contribution in [2.75, 3.05) is 11.4 Å². The Bertz CT molecular complexity index is 499. The van der Waals surface area contributed by atoms with Crippen molar-refractivity contribution in [3.8, 4) is 6.07 Å². The van der Waals surface area contributed by atoms with Gasteiger partial charge in [-0.25, -0.2) is 0 Å². The second-order valence-corrected chi connectivity index (χ2v) is 5.28. The number of carbonyl (C=O) groups is 1. The third-order valence-electron chi connectivity index (χ3n) is 3.42. The molecule has 94 valence electrons. The van der Waals surface area contributed by atoms with E-state index in [0.29, 0.717) is 6.54 Å². The molecule has 0 aromatic heterocycles. The number of anilines is 1. The maximum absolute atomic E-state index is 12.5. The van der Waals surface area contributed by atoms with Gasteiger partial charge in [0.15, 0.2) is 0 Å². The topological polar surface area (TPSA) is 44.1 Å². The third kappa shape index (κ3) is 2.24. The molecule has 0 N–H and O–H groups in total. The van der Waals surface area contributed by atoms with Crippen LogP contribution in [-0.2, 0) is 11.2 Å². The van der Waals surface area contributed by atoms with Crippen LogP contribution in [0.2, 0.25) is 0 Å². The van der Waals surface area contributed by atoms with Crippen LogP contribution >= 0.6 is 0 Å². The molecule has 3 nitrogen and oxygen atoms in total. The van der Waals surface area contributed by atoms with E-state index in [1.807, 2.05) is 18.2 Å². The number of nitriles is 1. The molecule has 3 heteroatoms. The average Bonchev–Trinajstić information content (AvgIpc) is 2.60. The van der Waals surface area contributed by atoms with Crippen molar-refractivity contribution in [3.05, 3.63) is 29.8 Å². The van der Waals surface area contributed by atoms with Crippen LogP contribution in [0, 0.1) is 16.7 Å². The molecule has 1 aromatic rings. The first kappa shape index (κ1) is 12.6. The monoisotopic (exact) mass is 242 g/mol. The Morgan fingerprint density at radius 1 is 1.33 bits per heavy atom. The second-order valence-electron chi connectivity index (χ2n) is 5.28. The lowest BCUT2D eigenvalue weighted by molar-refractivity contribution is -0.124. The molecule has 0 spiro atoms. The molecule has 18 heavy (non-hydrogen) atoms. The Morgan fingerprint density at radius 3 is 2.78 bits per heavy atom. The van der Waals surface area contributed by atoms with Crippen molar-refractivity contribution < 1.29 is 4.79 Å². The highest BCUT2D eigenvalue weighted by Gasteiger charge is 2.33. The predicted octanol–water partition coefficient (Wildman–Crippen LogP) is 2.91. The lowest BCUT2D eigenvalue weighted by atomic mass is 9.93. The first-order valence-electron chi connectivity index (χ1n) is 6.37. The van der Waals surface area contributed by atoms with Gasteiger partial charge < -0.3 is 4.90 Å². The largest absolute Gasteiger partial charge is 0.311 e. The summed E-state index contributed by atoms with van der Waals surface area (Å²) in [5.41, 5.74) is 1.22. The Kier molecular flexibility index (Phi) is 3.38. The Morgan fingerprint density at radius 2 is 2.06 bits per heavy atom. The number of benzene rings is 1. The first-order valence-corrected chi connectivity index (χ1v) is 6.37. The van der Waals surface area contributed by atoms with Crippen LogP contribution < -0.4 is 4.90 Å². The number of para-hydroxylation sites is 1. The minimum absolute atomic E-state index is 0.0978. The summed E-state index contributed by atoms with van der Waals surface area (Å²) < 4.78 is 0. The molecular formula is C15H18N2O. The van der Waals surface area contributed by atoms with Crippen LogP contribution in [0.25, 0.3) is 0 Å². The van der Waals surface area contributed by atoms with Gasteiger partial charge in [-0.2, -0.15) is 5.26 Å². The quantitative estimate of drug-likeness (QED) is 0.760. The van der Waals surface area contributed by atoms with E-state index >= 15 is 0 Å². The van der Waals surface area contributed by atoms with Crippen LogP contribution in [0.4, 0.5) is 5.69 Å². The minimum atomic E-state index is -0.961. The molecule has 2 rings (SSSR count). The molecule has 0 atom stereocenters. The van der Waals surface area contributed by atoms with E-state index in [9.17, 15) is 4.79 Å². The SMILES string of the molecule is CC(C)(C#N)C(=O)N1CCCCc2ccccc21. The van der Waals surface area contributed by atoms with Crippen molar-refractivity contribution in [3.63, 3.8) is 0 Å². The molecule has 1 heterocycles. The molecule has 0 bridgehead atoms. The van der Waals surface area contributed by atoms with E-state index < -0.39 is 5.41 Å². The predicted molar refractivity (Wildman–Crippen MR) is 71.1 cm³/mol. The maximum atomic E-state index is 12.5. The highest BCUT2D eigenvalue weighted by atomic mass is 16.2.